The van der Waals surface area contributed by atoms with Crippen LogP contribution in [0.15, 0.2) is 24.5 Å². The van der Waals surface area contributed by atoms with Crippen LogP contribution in [-0.2, 0) is 32.0 Å². The summed E-state index contributed by atoms with van der Waals surface area (Å²) in [6.45, 7) is 3.94. The molecule has 8 nitrogen and oxygen atoms in total. The molecule has 1 aliphatic rings. The van der Waals surface area contributed by atoms with E-state index in [9.17, 15) is 4.79 Å². The third-order valence-corrected chi connectivity index (χ3v) is 4.59. The molecule has 2 aromatic rings. The maximum atomic E-state index is 12.7. The first-order valence-corrected chi connectivity index (χ1v) is 8.57. The Labute approximate surface area is 148 Å². The molecule has 0 saturated carbocycles. The zero-order valence-electron chi connectivity index (χ0n) is 15.5. The molecule has 0 aromatic carbocycles. The van der Waals surface area contributed by atoms with Crippen molar-refractivity contribution in [1.29, 1.82) is 0 Å². The molecule has 3 rings (SSSR count). The fourth-order valence-electron chi connectivity index (χ4n) is 3.27. The van der Waals surface area contributed by atoms with Crippen molar-refractivity contribution >= 4 is 5.91 Å². The molecule has 0 aliphatic carbocycles. The van der Waals surface area contributed by atoms with Crippen LogP contribution in [0.25, 0.3) is 0 Å². The van der Waals surface area contributed by atoms with Crippen molar-refractivity contribution in [3.63, 3.8) is 0 Å². The largest absolute Gasteiger partial charge is 0.347 e. The molecule has 25 heavy (non-hydrogen) atoms. The third-order valence-electron chi connectivity index (χ3n) is 4.59. The summed E-state index contributed by atoms with van der Waals surface area (Å²) in [7, 11) is 7.47. The van der Waals surface area contributed by atoms with E-state index in [4.69, 9.17) is 0 Å². The quantitative estimate of drug-likeness (QED) is 0.759. The SMILES string of the molecule is CN(C)C(=O)[C@@H]1CN(Cc2ccn(C)n2)CCN1Cc1ccn(C)n1. The van der Waals surface area contributed by atoms with Crippen LogP contribution in [0.2, 0.25) is 0 Å². The Balaban J connectivity index is 1.70. The zero-order chi connectivity index (χ0) is 18.0. The molecule has 0 spiro atoms. The van der Waals surface area contributed by atoms with Crippen LogP contribution >= 0.6 is 0 Å². The highest BCUT2D eigenvalue weighted by Gasteiger charge is 2.33. The molecule has 1 fully saturated rings. The molecule has 8 heteroatoms. The summed E-state index contributed by atoms with van der Waals surface area (Å²) < 4.78 is 3.62. The van der Waals surface area contributed by atoms with E-state index in [0.29, 0.717) is 13.1 Å². The third kappa shape index (κ3) is 4.26. The van der Waals surface area contributed by atoms with Crippen molar-refractivity contribution in [1.82, 2.24) is 34.3 Å². The summed E-state index contributed by atoms with van der Waals surface area (Å²) in [5, 5.41) is 8.91. The van der Waals surface area contributed by atoms with Gasteiger partial charge in [-0.1, -0.05) is 0 Å². The molecule has 136 valence electrons. The van der Waals surface area contributed by atoms with Crippen molar-refractivity contribution in [2.24, 2.45) is 14.1 Å². The Hall–Kier alpha value is -2.19. The standard InChI is InChI=1S/C17H27N7O/c1-20(2)17(25)16-13-23(11-14-5-7-21(3)18-14)9-10-24(16)12-15-6-8-22(4)19-15/h5-8,16H,9-13H2,1-4H3/t16-/m0/s1. The van der Waals surface area contributed by atoms with Crippen molar-refractivity contribution in [2.75, 3.05) is 33.7 Å². The smallest absolute Gasteiger partial charge is 0.240 e. The van der Waals surface area contributed by atoms with Crippen molar-refractivity contribution in [3.05, 3.63) is 35.9 Å². The maximum absolute atomic E-state index is 12.7. The Morgan fingerprint density at radius 1 is 1.08 bits per heavy atom. The van der Waals surface area contributed by atoms with Crippen molar-refractivity contribution in [3.8, 4) is 0 Å². The lowest BCUT2D eigenvalue weighted by Gasteiger charge is -2.41. The second-order valence-corrected chi connectivity index (χ2v) is 6.92. The van der Waals surface area contributed by atoms with E-state index >= 15 is 0 Å². The van der Waals surface area contributed by atoms with Crippen LogP contribution in [-0.4, -0.2) is 79.9 Å². The lowest BCUT2D eigenvalue weighted by molar-refractivity contribution is -0.137. The van der Waals surface area contributed by atoms with Gasteiger partial charge in [0.1, 0.15) is 6.04 Å². The fourth-order valence-corrected chi connectivity index (χ4v) is 3.27. The number of hydrogen-bond donors (Lipinski definition) is 0. The number of nitrogens with zero attached hydrogens (tertiary/aromatic N) is 7. The number of aromatic nitrogens is 4. The lowest BCUT2D eigenvalue weighted by atomic mass is 10.1. The molecule has 0 N–H and O–H groups in total. The van der Waals surface area contributed by atoms with Gasteiger partial charge in [-0.25, -0.2) is 0 Å². The van der Waals surface area contributed by atoms with Crippen molar-refractivity contribution < 1.29 is 4.79 Å². The molecule has 1 atom stereocenters. The highest BCUT2D eigenvalue weighted by atomic mass is 16.2. The number of aryl methyl sites for hydroxylation is 2. The molecule has 1 saturated heterocycles. The highest BCUT2D eigenvalue weighted by molar-refractivity contribution is 5.81. The van der Waals surface area contributed by atoms with E-state index in [-0.39, 0.29) is 11.9 Å². The molecule has 1 amide bonds. The summed E-state index contributed by atoms with van der Waals surface area (Å²) >= 11 is 0. The van der Waals surface area contributed by atoms with E-state index in [1.54, 1.807) is 9.58 Å². The number of rotatable bonds is 5. The molecule has 0 unspecified atom stereocenters. The van der Waals surface area contributed by atoms with Gasteiger partial charge >= 0.3 is 0 Å². The van der Waals surface area contributed by atoms with Gasteiger partial charge in [-0.05, 0) is 12.1 Å². The van der Waals surface area contributed by atoms with E-state index in [0.717, 1.165) is 31.0 Å². The Bertz CT molecular complexity index is 720. The van der Waals surface area contributed by atoms with Gasteiger partial charge in [0.15, 0.2) is 0 Å². The van der Waals surface area contributed by atoms with Crippen molar-refractivity contribution in [2.45, 2.75) is 19.1 Å². The van der Waals surface area contributed by atoms with E-state index < -0.39 is 0 Å². The minimum absolute atomic E-state index is 0.140. The van der Waals surface area contributed by atoms with Crippen LogP contribution in [0.3, 0.4) is 0 Å². The first kappa shape index (κ1) is 17.6. The van der Waals surface area contributed by atoms with E-state index in [1.165, 1.54) is 0 Å². The van der Waals surface area contributed by atoms with Crippen LogP contribution < -0.4 is 0 Å². The van der Waals surface area contributed by atoms with Gasteiger partial charge in [0, 0.05) is 73.3 Å². The number of carbonyl (C=O) groups excluding carboxylic acids is 1. The number of hydrogen-bond acceptors (Lipinski definition) is 5. The second kappa shape index (κ2) is 7.37. The van der Waals surface area contributed by atoms with Gasteiger partial charge in [0.2, 0.25) is 5.91 Å². The fraction of sp³-hybridized carbons (Fsp3) is 0.588. The number of amides is 1. The predicted octanol–water partition coefficient (Wildman–Crippen LogP) is -0.0718. The topological polar surface area (TPSA) is 62.4 Å². The summed E-state index contributed by atoms with van der Waals surface area (Å²) in [5.41, 5.74) is 2.04. The lowest BCUT2D eigenvalue weighted by Crippen LogP contribution is -2.58. The van der Waals surface area contributed by atoms with Crippen LogP contribution in [0, 0.1) is 0 Å². The highest BCUT2D eigenvalue weighted by Crippen LogP contribution is 2.16. The van der Waals surface area contributed by atoms with Crippen LogP contribution in [0.1, 0.15) is 11.4 Å². The Kier molecular flexibility index (Phi) is 5.19. The maximum Gasteiger partial charge on any atom is 0.240 e. The molecule has 3 heterocycles. The molecule has 1 aliphatic heterocycles. The van der Waals surface area contributed by atoms with Gasteiger partial charge in [-0.15, -0.1) is 0 Å². The van der Waals surface area contributed by atoms with Gasteiger partial charge < -0.3 is 4.90 Å². The summed E-state index contributed by atoms with van der Waals surface area (Å²) in [6, 6.07) is 3.88. The molecule has 2 aromatic heterocycles. The summed E-state index contributed by atoms with van der Waals surface area (Å²) in [4.78, 5) is 18.9. The van der Waals surface area contributed by atoms with Gasteiger partial charge in [-0.3, -0.25) is 24.0 Å². The minimum Gasteiger partial charge on any atom is -0.347 e. The number of piperazine rings is 1. The Morgan fingerprint density at radius 2 is 1.68 bits per heavy atom. The van der Waals surface area contributed by atoms with Gasteiger partial charge in [0.05, 0.1) is 11.4 Å². The minimum atomic E-state index is -0.158. The first-order valence-electron chi connectivity index (χ1n) is 8.57. The number of carbonyl (C=O) groups is 1. The monoisotopic (exact) mass is 345 g/mol. The molecule has 0 bridgehead atoms. The Morgan fingerprint density at radius 3 is 2.20 bits per heavy atom. The first-order chi connectivity index (χ1) is 11.9. The second-order valence-electron chi connectivity index (χ2n) is 6.92. The number of likely N-dealkylation sites (N-methyl/N-ethyl adjacent to an activating group) is 1. The van der Waals surface area contributed by atoms with E-state index in [2.05, 4.69) is 20.0 Å². The predicted molar refractivity (Wildman–Crippen MR) is 94.6 cm³/mol. The van der Waals surface area contributed by atoms with Crippen LogP contribution in [0.5, 0.6) is 0 Å². The molecular weight excluding hydrogens is 318 g/mol. The summed E-state index contributed by atoms with van der Waals surface area (Å²) in [6.07, 6.45) is 3.89. The average Bonchev–Trinajstić information content (AvgIpc) is 3.16. The zero-order valence-corrected chi connectivity index (χ0v) is 15.5. The molecular formula is C17H27N7O. The molecule has 0 radical (unpaired) electrons. The van der Waals surface area contributed by atoms with Crippen LogP contribution in [0.4, 0.5) is 0 Å². The average molecular weight is 345 g/mol. The summed E-state index contributed by atoms with van der Waals surface area (Å²) in [5.74, 6) is 0.140. The van der Waals surface area contributed by atoms with Gasteiger partial charge in [-0.2, -0.15) is 10.2 Å². The van der Waals surface area contributed by atoms with Gasteiger partial charge in [0.25, 0.3) is 0 Å². The van der Waals surface area contributed by atoms with E-state index in [1.807, 2.05) is 57.4 Å². The normalized spacial score (nSPS) is 19.3.